The summed E-state index contributed by atoms with van der Waals surface area (Å²) in [6, 6.07) is 16.3. The first-order valence-electron chi connectivity index (χ1n) is 10.2. The number of hydrazone groups is 1. The monoisotopic (exact) mass is 452 g/mol. The van der Waals surface area contributed by atoms with E-state index in [1.807, 2.05) is 32.0 Å². The van der Waals surface area contributed by atoms with E-state index in [1.54, 1.807) is 49.5 Å². The van der Waals surface area contributed by atoms with Crippen LogP contribution in [-0.4, -0.2) is 35.8 Å². The lowest BCUT2D eigenvalue weighted by Crippen LogP contribution is -2.25. The molecule has 0 fully saturated rings. The van der Waals surface area contributed by atoms with Crippen molar-refractivity contribution in [3.63, 3.8) is 0 Å². The molecule has 0 radical (unpaired) electrons. The normalized spacial score (nSPS) is 10.9. The molecule has 0 aliphatic rings. The van der Waals surface area contributed by atoms with Crippen LogP contribution in [0.3, 0.4) is 0 Å². The predicted octanol–water partition coefficient (Wildman–Crippen LogP) is 4.49. The summed E-state index contributed by atoms with van der Waals surface area (Å²) in [6.45, 7) is 6.16. The fraction of sp³-hybridized carbons (Fsp3) is 0.208. The van der Waals surface area contributed by atoms with Crippen molar-refractivity contribution in [3.8, 4) is 5.69 Å². The van der Waals surface area contributed by atoms with Gasteiger partial charge in [-0.2, -0.15) is 5.10 Å². The standard InChI is InChI=1S/C24H25ClN4O3/c1-4-32-24(31)18-5-11-22(12-6-18)29-16(2)13-19(17(29)3)14-27-28-23(30)15-26-21-9-7-20(25)8-10-21/h5-14,26H,4,15H2,1-3H3,(H,28,30)/b27-14-. The quantitative estimate of drug-likeness (QED) is 0.299. The van der Waals surface area contributed by atoms with Crippen LogP contribution < -0.4 is 10.7 Å². The third-order valence-electron chi connectivity index (χ3n) is 4.80. The highest BCUT2D eigenvalue weighted by molar-refractivity contribution is 6.30. The molecule has 8 heteroatoms. The molecule has 166 valence electrons. The van der Waals surface area contributed by atoms with Gasteiger partial charge in [0.2, 0.25) is 0 Å². The van der Waals surface area contributed by atoms with Gasteiger partial charge in [-0.3, -0.25) is 4.79 Å². The largest absolute Gasteiger partial charge is 0.462 e. The molecule has 1 aromatic heterocycles. The van der Waals surface area contributed by atoms with Gasteiger partial charge in [-0.25, -0.2) is 10.2 Å². The lowest BCUT2D eigenvalue weighted by Gasteiger charge is -2.10. The van der Waals surface area contributed by atoms with Crippen LogP contribution in [0.25, 0.3) is 5.69 Å². The van der Waals surface area contributed by atoms with E-state index in [-0.39, 0.29) is 18.4 Å². The lowest BCUT2D eigenvalue weighted by atomic mass is 10.2. The molecule has 0 saturated heterocycles. The van der Waals surface area contributed by atoms with Crippen LogP contribution in [0.4, 0.5) is 5.69 Å². The molecule has 1 amide bonds. The van der Waals surface area contributed by atoms with E-state index in [0.717, 1.165) is 28.3 Å². The molecule has 3 rings (SSSR count). The Bertz CT molecular complexity index is 1120. The fourth-order valence-corrected chi connectivity index (χ4v) is 3.37. The highest BCUT2D eigenvalue weighted by atomic mass is 35.5. The molecule has 0 bridgehead atoms. The fourth-order valence-electron chi connectivity index (χ4n) is 3.24. The van der Waals surface area contributed by atoms with Crippen molar-refractivity contribution in [1.82, 2.24) is 9.99 Å². The maximum absolute atomic E-state index is 12.0. The molecular formula is C24H25ClN4O3. The van der Waals surface area contributed by atoms with Gasteiger partial charge >= 0.3 is 5.97 Å². The molecule has 1 heterocycles. The molecule has 2 aromatic carbocycles. The second-order valence-corrected chi connectivity index (χ2v) is 7.52. The summed E-state index contributed by atoms with van der Waals surface area (Å²) >= 11 is 5.85. The van der Waals surface area contributed by atoms with E-state index in [0.29, 0.717) is 17.2 Å². The van der Waals surface area contributed by atoms with Crippen LogP contribution in [0.5, 0.6) is 0 Å². The molecule has 7 nitrogen and oxygen atoms in total. The number of esters is 1. The van der Waals surface area contributed by atoms with Crippen molar-refractivity contribution in [3.05, 3.63) is 82.1 Å². The Labute approximate surface area is 192 Å². The summed E-state index contributed by atoms with van der Waals surface area (Å²) in [4.78, 5) is 23.9. The number of hydrogen-bond donors (Lipinski definition) is 2. The summed E-state index contributed by atoms with van der Waals surface area (Å²) in [5, 5.41) is 7.72. The van der Waals surface area contributed by atoms with Crippen LogP contribution in [-0.2, 0) is 9.53 Å². The van der Waals surface area contributed by atoms with Gasteiger partial charge in [-0.05, 0) is 75.4 Å². The highest BCUT2D eigenvalue weighted by Gasteiger charge is 2.11. The van der Waals surface area contributed by atoms with Gasteiger partial charge in [0.1, 0.15) is 0 Å². The lowest BCUT2D eigenvalue weighted by molar-refractivity contribution is -0.119. The van der Waals surface area contributed by atoms with Crippen molar-refractivity contribution in [2.24, 2.45) is 5.10 Å². The van der Waals surface area contributed by atoms with E-state index in [2.05, 4.69) is 20.4 Å². The average molecular weight is 453 g/mol. The molecule has 3 aromatic rings. The van der Waals surface area contributed by atoms with Crippen LogP contribution in [0.1, 0.15) is 34.2 Å². The van der Waals surface area contributed by atoms with Crippen LogP contribution in [0, 0.1) is 13.8 Å². The topological polar surface area (TPSA) is 84.7 Å². The maximum atomic E-state index is 12.0. The maximum Gasteiger partial charge on any atom is 0.338 e. The van der Waals surface area contributed by atoms with E-state index >= 15 is 0 Å². The number of carbonyl (C=O) groups excluding carboxylic acids is 2. The van der Waals surface area contributed by atoms with E-state index < -0.39 is 0 Å². The number of hydrogen-bond acceptors (Lipinski definition) is 5. The van der Waals surface area contributed by atoms with Crippen molar-refractivity contribution >= 4 is 35.4 Å². The number of aryl methyl sites for hydroxylation is 1. The molecule has 32 heavy (non-hydrogen) atoms. The molecule has 0 saturated carbocycles. The molecule has 0 unspecified atom stereocenters. The second kappa shape index (κ2) is 10.6. The number of amides is 1. The zero-order chi connectivity index (χ0) is 23.1. The number of aromatic nitrogens is 1. The second-order valence-electron chi connectivity index (χ2n) is 7.08. The SMILES string of the molecule is CCOC(=O)c1ccc(-n2c(C)cc(/C=N\NC(=O)CNc3ccc(Cl)cc3)c2C)cc1. The van der Waals surface area contributed by atoms with E-state index in [1.165, 1.54) is 0 Å². The first kappa shape index (κ1) is 23.1. The number of anilines is 1. The number of halogens is 1. The zero-order valence-corrected chi connectivity index (χ0v) is 18.9. The number of rotatable bonds is 8. The Balaban J connectivity index is 1.62. The summed E-state index contributed by atoms with van der Waals surface area (Å²) in [5.41, 5.74) is 7.59. The summed E-state index contributed by atoms with van der Waals surface area (Å²) in [5.74, 6) is -0.603. The first-order chi connectivity index (χ1) is 15.4. The summed E-state index contributed by atoms with van der Waals surface area (Å²) in [7, 11) is 0. The summed E-state index contributed by atoms with van der Waals surface area (Å²) < 4.78 is 7.08. The zero-order valence-electron chi connectivity index (χ0n) is 18.2. The Morgan fingerprint density at radius 3 is 2.44 bits per heavy atom. The first-order valence-corrected chi connectivity index (χ1v) is 10.5. The van der Waals surface area contributed by atoms with E-state index in [9.17, 15) is 9.59 Å². The Kier molecular flexibility index (Phi) is 7.68. The average Bonchev–Trinajstić information content (AvgIpc) is 3.06. The molecule has 0 atom stereocenters. The Morgan fingerprint density at radius 2 is 1.78 bits per heavy atom. The van der Waals surface area contributed by atoms with Gasteiger partial charge in [0.05, 0.1) is 24.9 Å². The van der Waals surface area contributed by atoms with Crippen molar-refractivity contribution in [2.75, 3.05) is 18.5 Å². The molecule has 0 spiro atoms. The van der Waals surface area contributed by atoms with Crippen molar-refractivity contribution in [1.29, 1.82) is 0 Å². The number of ether oxygens (including phenoxy) is 1. The van der Waals surface area contributed by atoms with Crippen molar-refractivity contribution in [2.45, 2.75) is 20.8 Å². The van der Waals surface area contributed by atoms with Crippen LogP contribution in [0.15, 0.2) is 59.7 Å². The molecule has 0 aliphatic carbocycles. The van der Waals surface area contributed by atoms with E-state index in [4.69, 9.17) is 16.3 Å². The number of benzene rings is 2. The Hall–Kier alpha value is -3.58. The van der Waals surface area contributed by atoms with Crippen LogP contribution in [0.2, 0.25) is 5.02 Å². The van der Waals surface area contributed by atoms with Crippen molar-refractivity contribution < 1.29 is 14.3 Å². The highest BCUT2D eigenvalue weighted by Crippen LogP contribution is 2.20. The minimum atomic E-state index is -0.339. The summed E-state index contributed by atoms with van der Waals surface area (Å²) in [6.07, 6.45) is 1.62. The van der Waals surface area contributed by atoms with Gasteiger partial charge in [0, 0.05) is 33.3 Å². The molecule has 0 aliphatic heterocycles. The van der Waals surface area contributed by atoms with Gasteiger partial charge < -0.3 is 14.6 Å². The number of carbonyl (C=O) groups is 2. The van der Waals surface area contributed by atoms with Crippen LogP contribution >= 0.6 is 11.6 Å². The minimum Gasteiger partial charge on any atom is -0.462 e. The van der Waals surface area contributed by atoms with Gasteiger partial charge in [0.15, 0.2) is 0 Å². The number of nitrogens with zero attached hydrogens (tertiary/aromatic N) is 2. The molecule has 2 N–H and O–H groups in total. The number of nitrogens with one attached hydrogen (secondary N) is 2. The van der Waals surface area contributed by atoms with Gasteiger partial charge in [-0.1, -0.05) is 11.6 Å². The smallest absolute Gasteiger partial charge is 0.338 e. The third kappa shape index (κ3) is 5.76. The van der Waals surface area contributed by atoms with Gasteiger partial charge in [0.25, 0.3) is 5.91 Å². The third-order valence-corrected chi connectivity index (χ3v) is 5.05. The Morgan fingerprint density at radius 1 is 1.09 bits per heavy atom. The minimum absolute atomic E-state index is 0.0881. The molecular weight excluding hydrogens is 428 g/mol. The van der Waals surface area contributed by atoms with Gasteiger partial charge in [-0.15, -0.1) is 0 Å². The predicted molar refractivity (Wildman–Crippen MR) is 127 cm³/mol.